The van der Waals surface area contributed by atoms with E-state index in [4.69, 9.17) is 19.9 Å². The lowest BCUT2D eigenvalue weighted by molar-refractivity contribution is 0.0390. The average Bonchev–Trinajstić information content (AvgIpc) is 2.74. The lowest BCUT2D eigenvalue weighted by atomic mass is 10.4. The molecule has 0 radical (unpaired) electrons. The van der Waals surface area contributed by atoms with Gasteiger partial charge in [0.2, 0.25) is 0 Å². The topological polar surface area (TPSA) is 70.8 Å². The van der Waals surface area contributed by atoms with Crippen LogP contribution >= 0.6 is 11.3 Å². The zero-order valence-electron chi connectivity index (χ0n) is 9.81. The third kappa shape index (κ3) is 5.16. The van der Waals surface area contributed by atoms with Crippen LogP contribution in [0.5, 0.6) is 0 Å². The van der Waals surface area contributed by atoms with Crippen molar-refractivity contribution in [3.63, 3.8) is 0 Å². The smallest absolute Gasteiger partial charge is 0.350 e. The summed E-state index contributed by atoms with van der Waals surface area (Å²) in [6, 6.07) is 1.69. The Hall–Kier alpha value is -1.11. The molecular formula is C11H17NO4S. The Bertz CT molecular complexity index is 340. The van der Waals surface area contributed by atoms with Crippen LogP contribution in [0.2, 0.25) is 0 Å². The lowest BCUT2D eigenvalue weighted by Gasteiger charge is -2.05. The molecule has 0 saturated heterocycles. The van der Waals surface area contributed by atoms with Crippen LogP contribution in [0, 0.1) is 0 Å². The number of nitrogens with two attached hydrogens (primary N) is 1. The SMILES string of the molecule is COCCOCCCOC(=O)c1sccc1N. The van der Waals surface area contributed by atoms with Crippen LogP contribution < -0.4 is 5.73 Å². The number of carbonyl (C=O) groups excluding carboxylic acids is 1. The maximum atomic E-state index is 11.5. The number of nitrogen functional groups attached to an aromatic ring is 1. The van der Waals surface area contributed by atoms with Crippen molar-refractivity contribution in [1.29, 1.82) is 0 Å². The summed E-state index contributed by atoms with van der Waals surface area (Å²) in [6.07, 6.45) is 0.667. The quantitative estimate of drug-likeness (QED) is 0.566. The van der Waals surface area contributed by atoms with Crippen molar-refractivity contribution < 1.29 is 19.0 Å². The number of ether oxygens (including phenoxy) is 3. The van der Waals surface area contributed by atoms with Gasteiger partial charge in [-0.05, 0) is 11.4 Å². The number of methoxy groups -OCH3 is 1. The van der Waals surface area contributed by atoms with Crippen LogP contribution in [-0.2, 0) is 14.2 Å². The molecular weight excluding hydrogens is 242 g/mol. The van der Waals surface area contributed by atoms with Gasteiger partial charge in [-0.2, -0.15) is 0 Å². The summed E-state index contributed by atoms with van der Waals surface area (Å²) < 4.78 is 15.1. The Morgan fingerprint density at radius 1 is 1.35 bits per heavy atom. The van der Waals surface area contributed by atoms with Crippen molar-refractivity contribution >= 4 is 23.0 Å². The Kier molecular flexibility index (Phi) is 6.61. The fourth-order valence-corrected chi connectivity index (χ4v) is 1.83. The van der Waals surface area contributed by atoms with Gasteiger partial charge in [0.25, 0.3) is 0 Å². The summed E-state index contributed by atoms with van der Waals surface area (Å²) in [5.41, 5.74) is 6.07. The highest BCUT2D eigenvalue weighted by Crippen LogP contribution is 2.19. The van der Waals surface area contributed by atoms with Gasteiger partial charge < -0.3 is 19.9 Å². The number of carbonyl (C=O) groups is 1. The summed E-state index contributed by atoms with van der Waals surface area (Å²) in [5.74, 6) is -0.366. The van der Waals surface area contributed by atoms with Crippen LogP contribution in [0.15, 0.2) is 11.4 Å². The van der Waals surface area contributed by atoms with Gasteiger partial charge in [0.15, 0.2) is 0 Å². The Morgan fingerprint density at radius 2 is 2.18 bits per heavy atom. The molecule has 1 aromatic heterocycles. The van der Waals surface area contributed by atoms with Gasteiger partial charge in [-0.1, -0.05) is 0 Å². The van der Waals surface area contributed by atoms with Gasteiger partial charge in [0, 0.05) is 20.1 Å². The fraction of sp³-hybridized carbons (Fsp3) is 0.545. The van der Waals surface area contributed by atoms with E-state index in [0.717, 1.165) is 0 Å². The predicted molar refractivity (Wildman–Crippen MR) is 66.3 cm³/mol. The largest absolute Gasteiger partial charge is 0.461 e. The molecule has 17 heavy (non-hydrogen) atoms. The highest BCUT2D eigenvalue weighted by Gasteiger charge is 2.11. The van der Waals surface area contributed by atoms with Crippen LogP contribution in [0.4, 0.5) is 5.69 Å². The normalized spacial score (nSPS) is 10.4. The van der Waals surface area contributed by atoms with E-state index >= 15 is 0 Å². The molecule has 0 amide bonds. The molecule has 6 heteroatoms. The van der Waals surface area contributed by atoms with E-state index in [1.807, 2.05) is 0 Å². The number of hydrogen-bond acceptors (Lipinski definition) is 6. The van der Waals surface area contributed by atoms with Crippen molar-refractivity contribution in [3.8, 4) is 0 Å². The second-order valence-corrected chi connectivity index (χ2v) is 4.22. The Balaban J connectivity index is 2.07. The number of rotatable bonds is 8. The minimum Gasteiger partial charge on any atom is -0.461 e. The minimum absolute atomic E-state index is 0.336. The maximum absolute atomic E-state index is 11.5. The monoisotopic (exact) mass is 259 g/mol. The molecule has 2 N–H and O–H groups in total. The fourth-order valence-electron chi connectivity index (χ4n) is 1.12. The van der Waals surface area contributed by atoms with E-state index in [2.05, 4.69) is 0 Å². The minimum atomic E-state index is -0.366. The molecule has 0 unspecified atom stereocenters. The van der Waals surface area contributed by atoms with E-state index < -0.39 is 0 Å². The van der Waals surface area contributed by atoms with Crippen molar-refractivity contribution in [1.82, 2.24) is 0 Å². The summed E-state index contributed by atoms with van der Waals surface area (Å²) in [7, 11) is 1.62. The van der Waals surface area contributed by atoms with Crippen molar-refractivity contribution in [2.45, 2.75) is 6.42 Å². The lowest BCUT2D eigenvalue weighted by Crippen LogP contribution is -2.09. The number of esters is 1. The van der Waals surface area contributed by atoms with E-state index in [1.165, 1.54) is 11.3 Å². The first-order valence-electron chi connectivity index (χ1n) is 5.32. The first-order chi connectivity index (χ1) is 8.25. The molecule has 0 saturated carbocycles. The summed E-state index contributed by atoms with van der Waals surface area (Å²) in [6.45, 7) is 2.02. The molecule has 1 rings (SSSR count). The van der Waals surface area contributed by atoms with Crippen molar-refractivity contribution in [2.24, 2.45) is 0 Å². The van der Waals surface area contributed by atoms with Gasteiger partial charge >= 0.3 is 5.97 Å². The summed E-state index contributed by atoms with van der Waals surface area (Å²) in [5, 5.41) is 1.76. The molecule has 0 aromatic carbocycles. The van der Waals surface area contributed by atoms with Gasteiger partial charge in [-0.3, -0.25) is 0 Å². The standard InChI is InChI=1S/C11H17NO4S/c1-14-6-7-15-4-2-5-16-11(13)10-9(12)3-8-17-10/h3,8H,2,4-7,12H2,1H3. The van der Waals surface area contributed by atoms with Crippen molar-refractivity contribution in [3.05, 3.63) is 16.3 Å². The highest BCUT2D eigenvalue weighted by atomic mass is 32.1. The van der Waals surface area contributed by atoms with Crippen LogP contribution in [0.1, 0.15) is 16.1 Å². The number of thiophene rings is 1. The molecule has 1 heterocycles. The van der Waals surface area contributed by atoms with Crippen LogP contribution in [-0.4, -0.2) is 39.5 Å². The Labute approximate surface area is 104 Å². The van der Waals surface area contributed by atoms with Crippen molar-refractivity contribution in [2.75, 3.05) is 39.3 Å². The van der Waals surface area contributed by atoms with Gasteiger partial charge in [-0.25, -0.2) is 4.79 Å². The summed E-state index contributed by atoms with van der Waals surface area (Å²) in [4.78, 5) is 12.0. The third-order valence-corrected chi connectivity index (χ3v) is 2.89. The zero-order valence-corrected chi connectivity index (χ0v) is 10.6. The molecule has 0 atom stereocenters. The zero-order chi connectivity index (χ0) is 12.5. The van der Waals surface area contributed by atoms with E-state index in [9.17, 15) is 4.79 Å². The first-order valence-corrected chi connectivity index (χ1v) is 6.20. The molecule has 0 bridgehead atoms. The van der Waals surface area contributed by atoms with E-state index in [-0.39, 0.29) is 5.97 Å². The molecule has 0 fully saturated rings. The number of hydrogen-bond donors (Lipinski definition) is 1. The third-order valence-electron chi connectivity index (χ3n) is 1.98. The second-order valence-electron chi connectivity index (χ2n) is 3.30. The molecule has 5 nitrogen and oxygen atoms in total. The maximum Gasteiger partial charge on any atom is 0.350 e. The Morgan fingerprint density at radius 3 is 2.82 bits per heavy atom. The van der Waals surface area contributed by atoms with Gasteiger partial charge in [0.1, 0.15) is 4.88 Å². The predicted octanol–water partition coefficient (Wildman–Crippen LogP) is 1.54. The molecule has 1 aromatic rings. The van der Waals surface area contributed by atoms with E-state index in [1.54, 1.807) is 18.6 Å². The first kappa shape index (κ1) is 14.0. The van der Waals surface area contributed by atoms with Gasteiger partial charge in [-0.15, -0.1) is 11.3 Å². The molecule has 0 spiro atoms. The summed E-state index contributed by atoms with van der Waals surface area (Å²) >= 11 is 1.29. The second kappa shape index (κ2) is 8.05. The molecule has 0 aliphatic carbocycles. The van der Waals surface area contributed by atoms with Crippen LogP contribution in [0.25, 0.3) is 0 Å². The molecule has 0 aliphatic heterocycles. The van der Waals surface area contributed by atoms with Crippen LogP contribution in [0.3, 0.4) is 0 Å². The van der Waals surface area contributed by atoms with Gasteiger partial charge in [0.05, 0.1) is 25.5 Å². The molecule has 96 valence electrons. The molecule has 0 aliphatic rings. The highest BCUT2D eigenvalue weighted by molar-refractivity contribution is 7.12. The average molecular weight is 259 g/mol. The van der Waals surface area contributed by atoms with E-state index in [0.29, 0.717) is 43.4 Å². The number of anilines is 1.